The Labute approximate surface area is 62.1 Å². The van der Waals surface area contributed by atoms with Crippen molar-refractivity contribution in [1.29, 1.82) is 0 Å². The molecular formula is C5H12O2S2. The first kappa shape index (κ1) is 9.46. The number of unbranched alkanes of at least 4 members (excludes halogenated alkanes) is 2. The number of hydrogen-bond acceptors (Lipinski definition) is 2. The Morgan fingerprint density at radius 2 is 2.22 bits per heavy atom. The van der Waals surface area contributed by atoms with Gasteiger partial charge in [0, 0.05) is 5.75 Å². The highest BCUT2D eigenvalue weighted by atomic mass is 33.1. The molecule has 0 aliphatic rings. The maximum atomic E-state index is 10.0. The van der Waals surface area contributed by atoms with Gasteiger partial charge in [0.2, 0.25) is 10.1 Å². The molecule has 0 radical (unpaired) electrons. The summed E-state index contributed by atoms with van der Waals surface area (Å²) in [6.45, 7) is 2.11. The fraction of sp³-hybridized carbons (Fsp3) is 1.00. The SMILES string of the molecule is CCCCCSS(=O)O. The molecule has 0 fully saturated rings. The smallest absolute Gasteiger partial charge is 0.216 e. The van der Waals surface area contributed by atoms with E-state index in [0.29, 0.717) is 0 Å². The number of hydrogen-bond donors (Lipinski definition) is 1. The van der Waals surface area contributed by atoms with Crippen LogP contribution >= 0.6 is 10.8 Å². The van der Waals surface area contributed by atoms with Crippen LogP contribution in [0.4, 0.5) is 0 Å². The average Bonchev–Trinajstić information content (AvgIpc) is 1.80. The summed E-state index contributed by atoms with van der Waals surface area (Å²) < 4.78 is 18.3. The summed E-state index contributed by atoms with van der Waals surface area (Å²) in [5.74, 6) is 0.803. The lowest BCUT2D eigenvalue weighted by Crippen LogP contribution is -1.82. The molecular weight excluding hydrogens is 156 g/mol. The maximum absolute atomic E-state index is 10.0. The van der Waals surface area contributed by atoms with Crippen molar-refractivity contribution in [2.45, 2.75) is 26.2 Å². The van der Waals surface area contributed by atoms with Crippen molar-refractivity contribution in [3.05, 3.63) is 0 Å². The summed E-state index contributed by atoms with van der Waals surface area (Å²) in [7, 11) is -0.553. The third-order valence-electron chi connectivity index (χ3n) is 0.932. The highest BCUT2D eigenvalue weighted by Gasteiger charge is 1.92. The second kappa shape index (κ2) is 6.58. The fourth-order valence-electron chi connectivity index (χ4n) is 0.482. The Kier molecular flexibility index (Phi) is 6.91. The van der Waals surface area contributed by atoms with Gasteiger partial charge in [0.05, 0.1) is 0 Å². The van der Waals surface area contributed by atoms with Crippen LogP contribution < -0.4 is 0 Å². The molecule has 0 rings (SSSR count). The van der Waals surface area contributed by atoms with Crippen molar-refractivity contribution >= 4 is 20.9 Å². The average molecular weight is 168 g/mol. The Morgan fingerprint density at radius 3 is 2.67 bits per heavy atom. The van der Waals surface area contributed by atoms with Gasteiger partial charge in [-0.3, -0.25) is 4.55 Å². The molecule has 0 bridgehead atoms. The van der Waals surface area contributed by atoms with Crippen molar-refractivity contribution in [3.63, 3.8) is 0 Å². The first-order chi connectivity index (χ1) is 4.27. The predicted molar refractivity (Wildman–Crippen MR) is 42.8 cm³/mol. The minimum Gasteiger partial charge on any atom is -0.298 e. The molecule has 2 nitrogen and oxygen atoms in total. The molecule has 0 amide bonds. The molecule has 0 aliphatic heterocycles. The lowest BCUT2D eigenvalue weighted by Gasteiger charge is -1.92. The zero-order valence-corrected chi connectivity index (χ0v) is 7.13. The largest absolute Gasteiger partial charge is 0.298 e. The van der Waals surface area contributed by atoms with Gasteiger partial charge in [-0.15, -0.1) is 0 Å². The molecule has 1 N–H and O–H groups in total. The quantitative estimate of drug-likeness (QED) is 0.388. The van der Waals surface area contributed by atoms with E-state index in [1.54, 1.807) is 0 Å². The second-order valence-electron chi connectivity index (χ2n) is 1.75. The van der Waals surface area contributed by atoms with Crippen LogP contribution in [0.15, 0.2) is 0 Å². The second-order valence-corrected chi connectivity index (χ2v) is 4.39. The fourth-order valence-corrected chi connectivity index (χ4v) is 1.73. The van der Waals surface area contributed by atoms with E-state index in [2.05, 4.69) is 6.92 Å². The van der Waals surface area contributed by atoms with Crippen LogP contribution in [0.5, 0.6) is 0 Å². The van der Waals surface area contributed by atoms with E-state index in [1.165, 1.54) is 6.42 Å². The number of rotatable bonds is 5. The summed E-state index contributed by atoms with van der Waals surface area (Å²) in [6, 6.07) is 0. The van der Waals surface area contributed by atoms with Gasteiger partial charge < -0.3 is 0 Å². The Bertz CT molecular complexity index is 85.0. The summed E-state index contributed by atoms with van der Waals surface area (Å²) in [5, 5.41) is 0. The normalized spacial score (nSPS) is 13.6. The Balaban J connectivity index is 2.83. The van der Waals surface area contributed by atoms with Crippen LogP contribution in [0.3, 0.4) is 0 Å². The molecule has 0 aromatic carbocycles. The minimum absolute atomic E-state index is 0.803. The van der Waals surface area contributed by atoms with Gasteiger partial charge in [-0.2, -0.15) is 0 Å². The Hall–Kier alpha value is 0.460. The molecule has 0 aromatic heterocycles. The molecule has 0 saturated heterocycles. The van der Waals surface area contributed by atoms with E-state index in [1.807, 2.05) is 0 Å². The van der Waals surface area contributed by atoms with E-state index < -0.39 is 10.1 Å². The monoisotopic (exact) mass is 168 g/mol. The van der Waals surface area contributed by atoms with Crippen molar-refractivity contribution in [2.75, 3.05) is 5.75 Å². The molecule has 0 aromatic rings. The molecule has 0 heterocycles. The van der Waals surface area contributed by atoms with Gasteiger partial charge in [0.1, 0.15) is 0 Å². The van der Waals surface area contributed by atoms with Crippen LogP contribution in [0, 0.1) is 0 Å². The highest BCUT2D eigenvalue weighted by molar-refractivity contribution is 8.67. The van der Waals surface area contributed by atoms with Gasteiger partial charge in [-0.25, -0.2) is 4.21 Å². The van der Waals surface area contributed by atoms with Crippen LogP contribution in [0.25, 0.3) is 0 Å². The van der Waals surface area contributed by atoms with Crippen LogP contribution in [0.2, 0.25) is 0 Å². The van der Waals surface area contributed by atoms with Crippen molar-refractivity contribution in [2.24, 2.45) is 0 Å². The standard InChI is InChI=1S/C5H12O2S2/c1-2-3-4-5-8-9(6)7/h2-5H2,1H3,(H,6,7). The predicted octanol–water partition coefficient (Wildman–Crippen LogP) is 2.05. The topological polar surface area (TPSA) is 37.3 Å². The van der Waals surface area contributed by atoms with E-state index in [0.717, 1.165) is 29.4 Å². The molecule has 56 valence electrons. The molecule has 0 aliphatic carbocycles. The minimum atomic E-state index is -1.65. The highest BCUT2D eigenvalue weighted by Crippen LogP contribution is 2.08. The first-order valence-corrected chi connectivity index (χ1v) is 5.62. The summed E-state index contributed by atoms with van der Waals surface area (Å²) in [6.07, 6.45) is 3.37. The van der Waals surface area contributed by atoms with E-state index in [-0.39, 0.29) is 0 Å². The van der Waals surface area contributed by atoms with E-state index >= 15 is 0 Å². The van der Waals surface area contributed by atoms with Crippen LogP contribution in [0.1, 0.15) is 26.2 Å². The molecule has 1 unspecified atom stereocenters. The molecule has 9 heavy (non-hydrogen) atoms. The van der Waals surface area contributed by atoms with Crippen molar-refractivity contribution < 1.29 is 8.76 Å². The van der Waals surface area contributed by atoms with Crippen molar-refractivity contribution in [3.8, 4) is 0 Å². The zero-order valence-electron chi connectivity index (χ0n) is 5.50. The van der Waals surface area contributed by atoms with Gasteiger partial charge in [0.15, 0.2) is 0 Å². The van der Waals surface area contributed by atoms with Gasteiger partial charge in [-0.05, 0) is 17.2 Å². The summed E-state index contributed by atoms with van der Waals surface area (Å²) in [4.78, 5) is 0. The van der Waals surface area contributed by atoms with Gasteiger partial charge >= 0.3 is 0 Å². The maximum Gasteiger partial charge on any atom is 0.216 e. The van der Waals surface area contributed by atoms with Crippen LogP contribution in [-0.4, -0.2) is 14.5 Å². The molecule has 0 spiro atoms. The van der Waals surface area contributed by atoms with Crippen molar-refractivity contribution in [1.82, 2.24) is 0 Å². The van der Waals surface area contributed by atoms with E-state index in [4.69, 9.17) is 4.55 Å². The van der Waals surface area contributed by atoms with E-state index in [9.17, 15) is 4.21 Å². The van der Waals surface area contributed by atoms with Crippen LogP contribution in [-0.2, 0) is 10.1 Å². The third kappa shape index (κ3) is 8.46. The first-order valence-electron chi connectivity index (χ1n) is 3.01. The van der Waals surface area contributed by atoms with Gasteiger partial charge in [-0.1, -0.05) is 19.8 Å². The third-order valence-corrected chi connectivity index (χ3v) is 2.69. The molecule has 0 saturated carbocycles. The molecule has 4 heteroatoms. The summed E-state index contributed by atoms with van der Waals surface area (Å²) in [5.41, 5.74) is 0. The molecule has 1 atom stereocenters. The lowest BCUT2D eigenvalue weighted by atomic mass is 10.3. The summed E-state index contributed by atoms with van der Waals surface area (Å²) >= 11 is 0. The van der Waals surface area contributed by atoms with Gasteiger partial charge in [0.25, 0.3) is 0 Å². The Morgan fingerprint density at radius 1 is 1.56 bits per heavy atom. The lowest BCUT2D eigenvalue weighted by molar-refractivity contribution is 0.581. The zero-order chi connectivity index (χ0) is 7.11.